The van der Waals surface area contributed by atoms with Crippen molar-refractivity contribution in [3.05, 3.63) is 0 Å². The van der Waals surface area contributed by atoms with E-state index in [9.17, 15) is 4.79 Å². The summed E-state index contributed by atoms with van der Waals surface area (Å²) in [6.45, 7) is 5.79. The van der Waals surface area contributed by atoms with Crippen LogP contribution in [-0.2, 0) is 4.74 Å². The fourth-order valence-corrected chi connectivity index (χ4v) is 2.48. The highest BCUT2D eigenvalue weighted by Crippen LogP contribution is 2.68. The molecule has 15 heavy (non-hydrogen) atoms. The lowest BCUT2D eigenvalue weighted by molar-refractivity contribution is -0.227. The average molecular weight is 207 g/mol. The van der Waals surface area contributed by atoms with Crippen LogP contribution >= 0.6 is 0 Å². The highest BCUT2D eigenvalue weighted by Gasteiger charge is 2.70. The Balaban J connectivity index is 1.82. The van der Waals surface area contributed by atoms with Crippen molar-refractivity contribution in [2.45, 2.75) is 51.2 Å². The maximum atomic E-state index is 11.5. The van der Waals surface area contributed by atoms with E-state index in [0.29, 0.717) is 0 Å². The lowest BCUT2D eigenvalue weighted by Crippen LogP contribution is -2.69. The van der Waals surface area contributed by atoms with Crippen molar-refractivity contribution in [1.29, 1.82) is 0 Å². The van der Waals surface area contributed by atoms with E-state index < -0.39 is 0 Å². The molecule has 0 saturated heterocycles. The van der Waals surface area contributed by atoms with E-state index in [1.54, 1.807) is 0 Å². The number of nitrogens with one attached hydrogen (secondary N) is 1. The van der Waals surface area contributed by atoms with Gasteiger partial charge in [-0.15, -0.1) is 6.42 Å². The molecule has 3 saturated carbocycles. The first-order valence-corrected chi connectivity index (χ1v) is 5.27. The zero-order valence-corrected chi connectivity index (χ0v) is 9.52. The van der Waals surface area contributed by atoms with Gasteiger partial charge in [-0.1, -0.05) is 5.92 Å². The summed E-state index contributed by atoms with van der Waals surface area (Å²) in [7, 11) is 0. The molecule has 0 heterocycles. The van der Waals surface area contributed by atoms with Crippen molar-refractivity contribution < 1.29 is 9.53 Å². The van der Waals surface area contributed by atoms with Crippen LogP contribution in [0.4, 0.5) is 4.79 Å². The summed E-state index contributed by atoms with van der Waals surface area (Å²) in [6.07, 6.45) is 7.59. The molecular formula is C12H17NO2. The van der Waals surface area contributed by atoms with Crippen LogP contribution in [-0.4, -0.2) is 17.2 Å². The van der Waals surface area contributed by atoms with Crippen LogP contribution < -0.4 is 5.32 Å². The Morgan fingerprint density at radius 1 is 1.40 bits per heavy atom. The minimum absolute atomic E-state index is 0.0576. The van der Waals surface area contributed by atoms with Crippen molar-refractivity contribution in [2.75, 3.05) is 0 Å². The third-order valence-electron chi connectivity index (χ3n) is 3.07. The van der Waals surface area contributed by atoms with Crippen LogP contribution in [0.1, 0.15) is 40.0 Å². The van der Waals surface area contributed by atoms with Gasteiger partial charge in [0.15, 0.2) is 0 Å². The minimum Gasteiger partial charge on any atom is -0.443 e. The maximum Gasteiger partial charge on any atom is 0.408 e. The van der Waals surface area contributed by atoms with Crippen LogP contribution in [0.5, 0.6) is 0 Å². The van der Waals surface area contributed by atoms with Gasteiger partial charge >= 0.3 is 6.09 Å². The van der Waals surface area contributed by atoms with E-state index in [1.807, 2.05) is 20.8 Å². The van der Waals surface area contributed by atoms with E-state index in [1.165, 1.54) is 0 Å². The van der Waals surface area contributed by atoms with Gasteiger partial charge in [-0.3, -0.25) is 0 Å². The number of hydrogen-bond donors (Lipinski definition) is 1. The van der Waals surface area contributed by atoms with Gasteiger partial charge in [-0.05, 0) is 20.8 Å². The molecule has 1 amide bonds. The van der Waals surface area contributed by atoms with Crippen molar-refractivity contribution in [1.82, 2.24) is 5.32 Å². The highest BCUT2D eigenvalue weighted by atomic mass is 16.6. The molecule has 3 aliphatic carbocycles. The Kier molecular flexibility index (Phi) is 1.86. The lowest BCUT2D eigenvalue weighted by atomic mass is 9.41. The highest BCUT2D eigenvalue weighted by molar-refractivity contribution is 5.69. The summed E-state index contributed by atoms with van der Waals surface area (Å²) < 4.78 is 5.40. The third-order valence-corrected chi connectivity index (χ3v) is 3.07. The second-order valence-corrected chi connectivity index (χ2v) is 5.90. The molecule has 82 valence electrons. The summed E-state index contributed by atoms with van der Waals surface area (Å²) in [6, 6.07) is 0. The zero-order valence-electron chi connectivity index (χ0n) is 9.52. The van der Waals surface area contributed by atoms with Gasteiger partial charge in [0.25, 0.3) is 0 Å². The molecular weight excluding hydrogens is 190 g/mol. The fourth-order valence-electron chi connectivity index (χ4n) is 2.48. The van der Waals surface area contributed by atoms with Gasteiger partial charge in [0.05, 0.1) is 0 Å². The molecule has 0 aromatic heterocycles. The molecule has 3 aliphatic rings. The lowest BCUT2D eigenvalue weighted by Gasteiger charge is -2.66. The van der Waals surface area contributed by atoms with E-state index >= 15 is 0 Å². The third kappa shape index (κ3) is 1.69. The minimum atomic E-state index is -0.326. The molecule has 0 aromatic rings. The topological polar surface area (TPSA) is 38.3 Å². The number of rotatable bonds is 1. The van der Waals surface area contributed by atoms with E-state index in [4.69, 9.17) is 11.2 Å². The quantitative estimate of drug-likeness (QED) is 0.668. The number of terminal acetylenes is 1. The normalized spacial score (nSPS) is 36.9. The Hall–Kier alpha value is -1.17. The van der Waals surface area contributed by atoms with E-state index in [0.717, 1.165) is 19.3 Å². The summed E-state index contributed by atoms with van der Waals surface area (Å²) >= 11 is 0. The summed E-state index contributed by atoms with van der Waals surface area (Å²) in [5.41, 5.74) is -0.422. The standard InChI is InChI=1S/C12H17NO2/c1-5-11-6-12(7-11,8-11)15-9(14)13-10(2,3)4/h1H,6-8H2,2-4H3,(H,13,14). The van der Waals surface area contributed by atoms with Gasteiger partial charge in [0.2, 0.25) is 0 Å². The number of carbonyl (C=O) groups excluding carboxylic acids is 1. The Morgan fingerprint density at radius 3 is 2.33 bits per heavy atom. The van der Waals surface area contributed by atoms with Gasteiger partial charge in [0, 0.05) is 30.2 Å². The monoisotopic (exact) mass is 207 g/mol. The van der Waals surface area contributed by atoms with Gasteiger partial charge in [-0.25, -0.2) is 4.79 Å². The van der Waals surface area contributed by atoms with Crippen molar-refractivity contribution in [3.8, 4) is 12.3 Å². The number of ether oxygens (including phenoxy) is 1. The molecule has 0 atom stereocenters. The number of carbonyl (C=O) groups is 1. The van der Waals surface area contributed by atoms with Crippen molar-refractivity contribution in [2.24, 2.45) is 5.41 Å². The molecule has 0 spiro atoms. The number of alkyl carbamates (subject to hydrolysis) is 1. The first-order chi connectivity index (χ1) is 6.78. The second-order valence-electron chi connectivity index (χ2n) is 5.90. The van der Waals surface area contributed by atoms with Crippen molar-refractivity contribution >= 4 is 6.09 Å². The molecule has 3 heteroatoms. The maximum absolute atomic E-state index is 11.5. The average Bonchev–Trinajstić information content (AvgIpc) is 1.89. The largest absolute Gasteiger partial charge is 0.443 e. The molecule has 0 aliphatic heterocycles. The van der Waals surface area contributed by atoms with Crippen LogP contribution in [0.2, 0.25) is 0 Å². The SMILES string of the molecule is C#CC12CC(OC(=O)NC(C)(C)C)(C1)C2. The Morgan fingerprint density at radius 2 is 1.93 bits per heavy atom. The molecule has 2 bridgehead atoms. The first-order valence-electron chi connectivity index (χ1n) is 5.27. The van der Waals surface area contributed by atoms with Crippen LogP contribution in [0, 0.1) is 17.8 Å². The van der Waals surface area contributed by atoms with Gasteiger partial charge in [0.1, 0.15) is 5.60 Å². The van der Waals surface area contributed by atoms with Crippen LogP contribution in [0.25, 0.3) is 0 Å². The number of hydrogen-bond acceptors (Lipinski definition) is 2. The summed E-state index contributed by atoms with van der Waals surface area (Å²) in [5.74, 6) is 2.78. The Labute approximate surface area is 90.6 Å². The molecule has 0 radical (unpaired) electrons. The number of amides is 1. The molecule has 0 aromatic carbocycles. The molecule has 3 fully saturated rings. The molecule has 3 rings (SSSR count). The summed E-state index contributed by atoms with van der Waals surface area (Å²) in [4.78, 5) is 11.5. The van der Waals surface area contributed by atoms with E-state index in [-0.39, 0.29) is 22.6 Å². The fraction of sp³-hybridized carbons (Fsp3) is 0.750. The second kappa shape index (κ2) is 2.69. The molecule has 0 unspecified atom stereocenters. The van der Waals surface area contributed by atoms with Gasteiger partial charge < -0.3 is 10.1 Å². The van der Waals surface area contributed by atoms with Gasteiger partial charge in [-0.2, -0.15) is 0 Å². The smallest absolute Gasteiger partial charge is 0.408 e. The summed E-state index contributed by atoms with van der Waals surface area (Å²) in [5, 5.41) is 2.79. The predicted octanol–water partition coefficient (Wildman–Crippen LogP) is 2.07. The zero-order chi connectivity index (χ0) is 11.3. The first kappa shape index (κ1) is 10.4. The van der Waals surface area contributed by atoms with Crippen LogP contribution in [0.3, 0.4) is 0 Å². The van der Waals surface area contributed by atoms with Crippen LogP contribution in [0.15, 0.2) is 0 Å². The molecule has 3 nitrogen and oxygen atoms in total. The predicted molar refractivity (Wildman–Crippen MR) is 57.2 cm³/mol. The van der Waals surface area contributed by atoms with Crippen molar-refractivity contribution in [3.63, 3.8) is 0 Å². The Bertz CT molecular complexity index is 326. The van der Waals surface area contributed by atoms with E-state index in [2.05, 4.69) is 11.2 Å². The molecule has 1 N–H and O–H groups in total.